The van der Waals surface area contributed by atoms with Crippen molar-refractivity contribution >= 4 is 0 Å². The van der Waals surface area contributed by atoms with Crippen LogP contribution < -0.4 is 5.32 Å². The van der Waals surface area contributed by atoms with Gasteiger partial charge in [0.25, 0.3) is 0 Å². The molecule has 0 radical (unpaired) electrons. The van der Waals surface area contributed by atoms with E-state index in [9.17, 15) is 0 Å². The van der Waals surface area contributed by atoms with E-state index in [2.05, 4.69) is 20.4 Å². The highest BCUT2D eigenvalue weighted by atomic mass is 16.3. The molecule has 0 bridgehead atoms. The van der Waals surface area contributed by atoms with Gasteiger partial charge in [-0.1, -0.05) is 0 Å². The van der Waals surface area contributed by atoms with Crippen molar-refractivity contribution < 1.29 is 5.11 Å². The first-order chi connectivity index (χ1) is 7.38. The minimum absolute atomic E-state index is 0.0408. The van der Waals surface area contributed by atoms with Crippen molar-refractivity contribution in [2.45, 2.75) is 13.2 Å². The number of aliphatic hydroxyl groups excluding tert-OH is 1. The Morgan fingerprint density at radius 2 is 1.87 bits per heavy atom. The average molecular weight is 208 g/mol. The normalized spacial score (nSPS) is 17.9. The predicted molar refractivity (Wildman–Crippen MR) is 56.1 cm³/mol. The second kappa shape index (κ2) is 5.16. The average Bonchev–Trinajstić information content (AvgIpc) is 2.31. The fourth-order valence-electron chi connectivity index (χ4n) is 1.65. The van der Waals surface area contributed by atoms with Crippen LogP contribution in [0, 0.1) is 0 Å². The van der Waals surface area contributed by atoms with Gasteiger partial charge in [-0.3, -0.25) is 4.90 Å². The van der Waals surface area contributed by atoms with Gasteiger partial charge in [-0.2, -0.15) is 10.2 Å². The van der Waals surface area contributed by atoms with Crippen molar-refractivity contribution in [1.29, 1.82) is 0 Å². The topological polar surface area (TPSA) is 61.3 Å². The van der Waals surface area contributed by atoms with Crippen LogP contribution in [0.2, 0.25) is 0 Å². The Hall–Kier alpha value is -1.04. The molecule has 5 heteroatoms. The van der Waals surface area contributed by atoms with Crippen molar-refractivity contribution in [1.82, 2.24) is 20.4 Å². The fraction of sp³-hybridized carbons (Fsp3) is 0.600. The summed E-state index contributed by atoms with van der Waals surface area (Å²) in [7, 11) is 0. The van der Waals surface area contributed by atoms with E-state index >= 15 is 0 Å². The summed E-state index contributed by atoms with van der Waals surface area (Å²) in [6.45, 7) is 5.01. The van der Waals surface area contributed by atoms with Crippen LogP contribution in [0.15, 0.2) is 12.1 Å². The van der Waals surface area contributed by atoms with E-state index in [4.69, 9.17) is 5.11 Å². The van der Waals surface area contributed by atoms with E-state index in [1.54, 1.807) is 0 Å². The molecule has 0 aliphatic carbocycles. The number of nitrogens with zero attached hydrogens (tertiary/aromatic N) is 3. The molecule has 1 aromatic rings. The zero-order chi connectivity index (χ0) is 10.5. The van der Waals surface area contributed by atoms with E-state index < -0.39 is 0 Å². The summed E-state index contributed by atoms with van der Waals surface area (Å²) in [5, 5.41) is 20.1. The Kier molecular flexibility index (Phi) is 3.60. The SMILES string of the molecule is OCc1ccc(CN2CCNCC2)nn1. The van der Waals surface area contributed by atoms with Crippen LogP contribution in [0.5, 0.6) is 0 Å². The molecule has 0 saturated carbocycles. The molecule has 15 heavy (non-hydrogen) atoms. The molecule has 0 unspecified atom stereocenters. The van der Waals surface area contributed by atoms with Crippen LogP contribution in [-0.2, 0) is 13.2 Å². The largest absolute Gasteiger partial charge is 0.390 e. The summed E-state index contributed by atoms with van der Waals surface area (Å²) in [5.41, 5.74) is 1.59. The van der Waals surface area contributed by atoms with Crippen molar-refractivity contribution in [2.75, 3.05) is 26.2 Å². The van der Waals surface area contributed by atoms with Crippen LogP contribution in [0.1, 0.15) is 11.4 Å². The maximum absolute atomic E-state index is 8.83. The minimum atomic E-state index is -0.0408. The van der Waals surface area contributed by atoms with Crippen molar-refractivity contribution in [3.63, 3.8) is 0 Å². The Bertz CT molecular complexity index is 295. The maximum atomic E-state index is 8.83. The van der Waals surface area contributed by atoms with Gasteiger partial charge in [0.15, 0.2) is 0 Å². The molecule has 2 heterocycles. The lowest BCUT2D eigenvalue weighted by Gasteiger charge is -2.26. The summed E-state index contributed by atoms with van der Waals surface area (Å²) in [4.78, 5) is 2.35. The number of aromatic nitrogens is 2. The number of piperazine rings is 1. The molecular weight excluding hydrogens is 192 g/mol. The quantitative estimate of drug-likeness (QED) is 0.693. The van der Waals surface area contributed by atoms with Crippen molar-refractivity contribution in [2.24, 2.45) is 0 Å². The molecule has 1 aliphatic rings. The lowest BCUT2D eigenvalue weighted by Crippen LogP contribution is -2.43. The Balaban J connectivity index is 1.91. The van der Waals surface area contributed by atoms with Gasteiger partial charge in [-0.15, -0.1) is 0 Å². The van der Waals surface area contributed by atoms with Gasteiger partial charge in [0, 0.05) is 32.7 Å². The van der Waals surface area contributed by atoms with Crippen LogP contribution in [0.3, 0.4) is 0 Å². The van der Waals surface area contributed by atoms with Crippen LogP contribution in [0.25, 0.3) is 0 Å². The predicted octanol–water partition coefficient (Wildman–Crippen LogP) is -0.626. The number of nitrogens with one attached hydrogen (secondary N) is 1. The number of rotatable bonds is 3. The summed E-state index contributed by atoms with van der Waals surface area (Å²) in [6.07, 6.45) is 0. The lowest BCUT2D eigenvalue weighted by molar-refractivity contribution is 0.229. The number of hydrogen-bond acceptors (Lipinski definition) is 5. The molecule has 1 aliphatic heterocycles. The molecule has 2 rings (SSSR count). The summed E-state index contributed by atoms with van der Waals surface area (Å²) in [6, 6.07) is 3.76. The molecule has 1 saturated heterocycles. The molecule has 0 spiro atoms. The van der Waals surface area contributed by atoms with E-state index in [0.717, 1.165) is 38.4 Å². The van der Waals surface area contributed by atoms with Gasteiger partial charge in [-0.25, -0.2) is 0 Å². The van der Waals surface area contributed by atoms with Crippen molar-refractivity contribution in [3.8, 4) is 0 Å². The molecule has 1 aromatic heterocycles. The monoisotopic (exact) mass is 208 g/mol. The zero-order valence-corrected chi connectivity index (χ0v) is 8.69. The molecule has 0 amide bonds. The second-order valence-corrected chi connectivity index (χ2v) is 3.70. The fourth-order valence-corrected chi connectivity index (χ4v) is 1.65. The highest BCUT2D eigenvalue weighted by Crippen LogP contribution is 2.02. The van der Waals surface area contributed by atoms with E-state index in [-0.39, 0.29) is 6.61 Å². The third-order valence-corrected chi connectivity index (χ3v) is 2.53. The highest BCUT2D eigenvalue weighted by molar-refractivity contribution is 5.06. The van der Waals surface area contributed by atoms with Crippen LogP contribution in [0.4, 0.5) is 0 Å². The van der Waals surface area contributed by atoms with Gasteiger partial charge in [0.05, 0.1) is 18.0 Å². The molecule has 82 valence electrons. The van der Waals surface area contributed by atoms with Gasteiger partial charge >= 0.3 is 0 Å². The smallest absolute Gasteiger partial charge is 0.0885 e. The molecule has 2 N–H and O–H groups in total. The first-order valence-electron chi connectivity index (χ1n) is 5.24. The number of aliphatic hydroxyl groups is 1. The van der Waals surface area contributed by atoms with Crippen LogP contribution >= 0.6 is 0 Å². The lowest BCUT2D eigenvalue weighted by atomic mass is 10.3. The molecule has 5 nitrogen and oxygen atoms in total. The first-order valence-corrected chi connectivity index (χ1v) is 5.24. The molecule has 0 atom stereocenters. The van der Waals surface area contributed by atoms with Crippen molar-refractivity contribution in [3.05, 3.63) is 23.5 Å². The highest BCUT2D eigenvalue weighted by Gasteiger charge is 2.10. The summed E-state index contributed by atoms with van der Waals surface area (Å²) in [5.74, 6) is 0. The summed E-state index contributed by atoms with van der Waals surface area (Å²) < 4.78 is 0. The second-order valence-electron chi connectivity index (χ2n) is 3.70. The summed E-state index contributed by atoms with van der Waals surface area (Å²) >= 11 is 0. The van der Waals surface area contributed by atoms with Gasteiger partial charge in [-0.05, 0) is 12.1 Å². The van der Waals surface area contributed by atoms with E-state index in [0.29, 0.717) is 5.69 Å². The number of hydrogen-bond donors (Lipinski definition) is 2. The third-order valence-electron chi connectivity index (χ3n) is 2.53. The minimum Gasteiger partial charge on any atom is -0.390 e. The van der Waals surface area contributed by atoms with E-state index in [1.807, 2.05) is 12.1 Å². The zero-order valence-electron chi connectivity index (χ0n) is 8.69. The molecule has 1 fully saturated rings. The Labute approximate surface area is 89.1 Å². The molecular formula is C10H16N4O. The third kappa shape index (κ3) is 2.95. The van der Waals surface area contributed by atoms with Gasteiger partial charge in [0.1, 0.15) is 0 Å². The first kappa shape index (κ1) is 10.5. The Morgan fingerprint density at radius 1 is 1.20 bits per heavy atom. The van der Waals surface area contributed by atoms with Gasteiger partial charge in [0.2, 0.25) is 0 Å². The molecule has 0 aromatic carbocycles. The Morgan fingerprint density at radius 3 is 2.47 bits per heavy atom. The van der Waals surface area contributed by atoms with Gasteiger partial charge < -0.3 is 10.4 Å². The maximum Gasteiger partial charge on any atom is 0.0885 e. The van der Waals surface area contributed by atoms with E-state index in [1.165, 1.54) is 0 Å². The van der Waals surface area contributed by atoms with Crippen LogP contribution in [-0.4, -0.2) is 46.4 Å². The standard InChI is InChI=1S/C10H16N4O/c15-8-10-2-1-9(12-13-10)7-14-5-3-11-4-6-14/h1-2,11,15H,3-8H2.